The van der Waals surface area contributed by atoms with Crippen molar-refractivity contribution in [3.63, 3.8) is 0 Å². The van der Waals surface area contributed by atoms with Gasteiger partial charge in [-0.3, -0.25) is 4.79 Å². The lowest BCUT2D eigenvalue weighted by molar-refractivity contribution is 0.0695. The number of methoxy groups -OCH3 is 1. The van der Waals surface area contributed by atoms with Gasteiger partial charge in [0.2, 0.25) is 0 Å². The van der Waals surface area contributed by atoms with Crippen LogP contribution in [0.1, 0.15) is 23.2 Å². The maximum Gasteiger partial charge on any atom is 0.257 e. The summed E-state index contributed by atoms with van der Waals surface area (Å²) in [5.74, 6) is 0.293. The van der Waals surface area contributed by atoms with Gasteiger partial charge in [-0.1, -0.05) is 11.6 Å². The SMILES string of the molecule is COc1cc(Cl)ccc1C(=O)N1CCCC(C#N)C1. The number of rotatable bonds is 2. The first-order valence-corrected chi connectivity index (χ1v) is 6.56. The van der Waals surface area contributed by atoms with Crippen molar-refractivity contribution in [2.24, 2.45) is 5.92 Å². The molecule has 4 nitrogen and oxygen atoms in total. The Morgan fingerprint density at radius 2 is 2.37 bits per heavy atom. The smallest absolute Gasteiger partial charge is 0.257 e. The van der Waals surface area contributed by atoms with Crippen molar-refractivity contribution in [3.05, 3.63) is 28.8 Å². The Balaban J connectivity index is 2.22. The van der Waals surface area contributed by atoms with E-state index in [1.807, 2.05) is 0 Å². The number of benzene rings is 1. The van der Waals surface area contributed by atoms with Gasteiger partial charge in [0.1, 0.15) is 5.75 Å². The van der Waals surface area contributed by atoms with Gasteiger partial charge < -0.3 is 9.64 Å². The molecule has 0 N–H and O–H groups in total. The predicted molar refractivity (Wildman–Crippen MR) is 72.2 cm³/mol. The van der Waals surface area contributed by atoms with Crippen molar-refractivity contribution in [2.45, 2.75) is 12.8 Å². The van der Waals surface area contributed by atoms with Gasteiger partial charge in [-0.2, -0.15) is 5.26 Å². The van der Waals surface area contributed by atoms with Gasteiger partial charge in [-0.25, -0.2) is 0 Å². The van der Waals surface area contributed by atoms with E-state index in [2.05, 4.69) is 6.07 Å². The van der Waals surface area contributed by atoms with Crippen LogP contribution in [0.3, 0.4) is 0 Å². The number of carbonyl (C=O) groups is 1. The van der Waals surface area contributed by atoms with Crippen LogP contribution in [0, 0.1) is 17.2 Å². The van der Waals surface area contributed by atoms with E-state index in [0.717, 1.165) is 12.8 Å². The Bertz CT molecular complexity index is 525. The number of nitriles is 1. The highest BCUT2D eigenvalue weighted by Crippen LogP contribution is 2.26. The van der Waals surface area contributed by atoms with Gasteiger partial charge in [0.05, 0.1) is 24.7 Å². The minimum absolute atomic E-state index is 0.0732. The summed E-state index contributed by atoms with van der Waals surface area (Å²) < 4.78 is 5.19. The number of amides is 1. The average molecular weight is 279 g/mol. The molecule has 1 aromatic rings. The summed E-state index contributed by atoms with van der Waals surface area (Å²) >= 11 is 5.88. The fourth-order valence-corrected chi connectivity index (χ4v) is 2.44. The first-order valence-electron chi connectivity index (χ1n) is 6.18. The van der Waals surface area contributed by atoms with Crippen LogP contribution in [0.4, 0.5) is 0 Å². The van der Waals surface area contributed by atoms with Crippen molar-refractivity contribution < 1.29 is 9.53 Å². The molecule has 1 heterocycles. The van der Waals surface area contributed by atoms with E-state index in [4.69, 9.17) is 21.6 Å². The van der Waals surface area contributed by atoms with Crippen LogP contribution in [0.25, 0.3) is 0 Å². The summed E-state index contributed by atoms with van der Waals surface area (Å²) in [7, 11) is 1.51. The van der Waals surface area contributed by atoms with Crippen molar-refractivity contribution >= 4 is 17.5 Å². The average Bonchev–Trinajstić information content (AvgIpc) is 2.46. The molecule has 19 heavy (non-hydrogen) atoms. The van der Waals surface area contributed by atoms with Crippen LogP contribution in [0.15, 0.2) is 18.2 Å². The maximum absolute atomic E-state index is 12.4. The summed E-state index contributed by atoms with van der Waals surface area (Å²) in [5.41, 5.74) is 0.491. The molecule has 1 fully saturated rings. The lowest BCUT2D eigenvalue weighted by Gasteiger charge is -2.30. The molecule has 100 valence electrons. The predicted octanol–water partition coefficient (Wildman–Crippen LogP) is 2.72. The molecular weight excluding hydrogens is 264 g/mol. The quantitative estimate of drug-likeness (QED) is 0.836. The van der Waals surface area contributed by atoms with E-state index in [1.54, 1.807) is 23.1 Å². The van der Waals surface area contributed by atoms with E-state index >= 15 is 0 Å². The van der Waals surface area contributed by atoms with Crippen molar-refractivity contribution in [2.75, 3.05) is 20.2 Å². The zero-order valence-corrected chi connectivity index (χ0v) is 11.5. The monoisotopic (exact) mass is 278 g/mol. The van der Waals surface area contributed by atoms with Gasteiger partial charge in [-0.05, 0) is 31.0 Å². The van der Waals surface area contributed by atoms with Crippen molar-refractivity contribution in [1.82, 2.24) is 4.90 Å². The molecule has 0 bridgehead atoms. The van der Waals surface area contributed by atoms with Crippen LogP contribution < -0.4 is 4.74 Å². The van der Waals surface area contributed by atoms with Crippen LogP contribution in [-0.4, -0.2) is 31.0 Å². The molecular formula is C14H15ClN2O2. The highest BCUT2D eigenvalue weighted by molar-refractivity contribution is 6.30. The van der Waals surface area contributed by atoms with Gasteiger partial charge in [-0.15, -0.1) is 0 Å². The van der Waals surface area contributed by atoms with Crippen LogP contribution >= 0.6 is 11.6 Å². The molecule has 0 spiro atoms. The molecule has 0 aromatic heterocycles. The molecule has 1 atom stereocenters. The third kappa shape index (κ3) is 2.99. The fraction of sp³-hybridized carbons (Fsp3) is 0.429. The van der Waals surface area contributed by atoms with Crippen molar-refractivity contribution in [1.29, 1.82) is 5.26 Å². The highest BCUT2D eigenvalue weighted by atomic mass is 35.5. The maximum atomic E-state index is 12.4. The number of likely N-dealkylation sites (tertiary alicyclic amines) is 1. The lowest BCUT2D eigenvalue weighted by Crippen LogP contribution is -2.39. The summed E-state index contributed by atoms with van der Waals surface area (Å²) in [5, 5.41) is 9.50. The second-order valence-corrected chi connectivity index (χ2v) is 5.00. The fourth-order valence-electron chi connectivity index (χ4n) is 2.28. The van der Waals surface area contributed by atoms with Gasteiger partial charge in [0.15, 0.2) is 0 Å². The van der Waals surface area contributed by atoms with Gasteiger partial charge in [0, 0.05) is 18.1 Å². The second kappa shape index (κ2) is 5.94. The molecule has 1 aromatic carbocycles. The Morgan fingerprint density at radius 3 is 3.05 bits per heavy atom. The van der Waals surface area contributed by atoms with Crippen molar-refractivity contribution in [3.8, 4) is 11.8 Å². The summed E-state index contributed by atoms with van der Waals surface area (Å²) in [6.45, 7) is 1.17. The molecule has 1 unspecified atom stereocenters. The topological polar surface area (TPSA) is 53.3 Å². The van der Waals surface area contributed by atoms with E-state index < -0.39 is 0 Å². The standard InChI is InChI=1S/C14H15ClN2O2/c1-19-13-7-11(15)4-5-12(13)14(18)17-6-2-3-10(8-16)9-17/h4-5,7,10H,2-3,6,9H2,1H3. The molecule has 5 heteroatoms. The van der Waals surface area contributed by atoms with Crippen LogP contribution in [0.5, 0.6) is 5.75 Å². The van der Waals surface area contributed by atoms with Gasteiger partial charge in [0.25, 0.3) is 5.91 Å². The number of nitrogens with zero attached hydrogens (tertiary/aromatic N) is 2. The van der Waals surface area contributed by atoms with E-state index in [9.17, 15) is 4.79 Å². The molecule has 1 amide bonds. The molecule has 1 aliphatic heterocycles. The molecule has 0 radical (unpaired) electrons. The van der Waals surface area contributed by atoms with Crippen LogP contribution in [-0.2, 0) is 0 Å². The zero-order chi connectivity index (χ0) is 13.8. The van der Waals surface area contributed by atoms with Crippen LogP contribution in [0.2, 0.25) is 5.02 Å². The zero-order valence-electron chi connectivity index (χ0n) is 10.7. The number of hydrogen-bond acceptors (Lipinski definition) is 3. The van der Waals surface area contributed by atoms with Gasteiger partial charge >= 0.3 is 0 Å². The second-order valence-electron chi connectivity index (χ2n) is 4.56. The first kappa shape index (κ1) is 13.7. The molecule has 1 aliphatic rings. The number of hydrogen-bond donors (Lipinski definition) is 0. The lowest BCUT2D eigenvalue weighted by atomic mass is 9.99. The van der Waals surface area contributed by atoms with E-state index in [-0.39, 0.29) is 11.8 Å². The normalized spacial score (nSPS) is 18.8. The Hall–Kier alpha value is -1.73. The highest BCUT2D eigenvalue weighted by Gasteiger charge is 2.26. The molecule has 2 rings (SSSR count). The summed E-state index contributed by atoms with van der Waals surface area (Å²) in [4.78, 5) is 14.2. The Morgan fingerprint density at radius 1 is 1.58 bits per heavy atom. The third-order valence-corrected chi connectivity index (χ3v) is 3.52. The molecule has 1 saturated heterocycles. The number of piperidine rings is 1. The summed E-state index contributed by atoms with van der Waals surface area (Å²) in [6, 6.07) is 7.19. The number of carbonyl (C=O) groups excluding carboxylic acids is 1. The minimum Gasteiger partial charge on any atom is -0.496 e. The third-order valence-electron chi connectivity index (χ3n) is 3.29. The molecule has 0 aliphatic carbocycles. The first-order chi connectivity index (χ1) is 9.15. The van der Waals surface area contributed by atoms with E-state index in [0.29, 0.717) is 29.4 Å². The Labute approximate surface area is 117 Å². The number of ether oxygens (including phenoxy) is 1. The minimum atomic E-state index is -0.103. The largest absolute Gasteiger partial charge is 0.496 e. The Kier molecular flexibility index (Phi) is 4.28. The number of halogens is 1. The van der Waals surface area contributed by atoms with E-state index in [1.165, 1.54) is 7.11 Å². The summed E-state index contributed by atoms with van der Waals surface area (Å²) in [6.07, 6.45) is 1.72. The molecule has 0 saturated carbocycles.